The van der Waals surface area contributed by atoms with E-state index in [-0.39, 0.29) is 0 Å². The molecule has 0 aromatic heterocycles. The standard InChI is InChI=1S/C15H21O3P/c1-10-13(4,5)16-19(17-14(6,7)11-2)18-15(8,9)12-3/h1-3H,4-9H3. The topological polar surface area (TPSA) is 27.7 Å². The first-order valence-corrected chi connectivity index (χ1v) is 6.87. The van der Waals surface area contributed by atoms with Crippen molar-refractivity contribution in [2.24, 2.45) is 0 Å². The van der Waals surface area contributed by atoms with Crippen molar-refractivity contribution in [1.82, 2.24) is 0 Å². The van der Waals surface area contributed by atoms with Crippen LogP contribution in [-0.2, 0) is 13.6 Å². The summed E-state index contributed by atoms with van der Waals surface area (Å²) in [5.74, 6) is 7.53. The molecular weight excluding hydrogens is 259 g/mol. The van der Waals surface area contributed by atoms with Crippen molar-refractivity contribution in [3.8, 4) is 37.0 Å². The quantitative estimate of drug-likeness (QED) is 0.550. The highest BCUT2D eigenvalue weighted by Crippen LogP contribution is 2.49. The van der Waals surface area contributed by atoms with Crippen molar-refractivity contribution >= 4 is 8.60 Å². The molecule has 0 N–H and O–H groups in total. The summed E-state index contributed by atoms with van der Waals surface area (Å²) in [6, 6.07) is 0. The van der Waals surface area contributed by atoms with Gasteiger partial charge in [-0.1, -0.05) is 17.8 Å². The van der Waals surface area contributed by atoms with Crippen molar-refractivity contribution in [1.29, 1.82) is 0 Å². The molecule has 0 radical (unpaired) electrons. The Morgan fingerprint density at radius 3 is 1.00 bits per heavy atom. The van der Waals surface area contributed by atoms with Crippen molar-refractivity contribution in [3.05, 3.63) is 0 Å². The summed E-state index contributed by atoms with van der Waals surface area (Å²) < 4.78 is 17.0. The van der Waals surface area contributed by atoms with Gasteiger partial charge in [-0.05, 0) is 41.5 Å². The molecule has 0 aliphatic rings. The van der Waals surface area contributed by atoms with Gasteiger partial charge in [0, 0.05) is 0 Å². The maximum Gasteiger partial charge on any atom is 0.337 e. The number of hydrogen-bond donors (Lipinski definition) is 0. The third-order valence-corrected chi connectivity index (χ3v) is 3.77. The highest BCUT2D eigenvalue weighted by molar-refractivity contribution is 7.41. The second-order valence-corrected chi connectivity index (χ2v) is 6.46. The average molecular weight is 280 g/mol. The Kier molecular flexibility index (Phi) is 6.09. The molecule has 0 atom stereocenters. The summed E-state index contributed by atoms with van der Waals surface area (Å²) in [5.41, 5.74) is -2.50. The second kappa shape index (κ2) is 6.43. The Bertz CT molecular complexity index is 363. The van der Waals surface area contributed by atoms with Crippen molar-refractivity contribution in [2.45, 2.75) is 58.3 Å². The summed E-state index contributed by atoms with van der Waals surface area (Å²) in [5, 5.41) is 0. The summed E-state index contributed by atoms with van der Waals surface area (Å²) in [6.07, 6.45) is 16.2. The first-order chi connectivity index (χ1) is 8.47. The molecule has 0 rings (SSSR count). The van der Waals surface area contributed by atoms with Gasteiger partial charge in [0.25, 0.3) is 0 Å². The molecule has 0 aliphatic carbocycles. The molecule has 0 bridgehead atoms. The Labute approximate surface area is 118 Å². The maximum absolute atomic E-state index is 5.66. The summed E-state index contributed by atoms with van der Waals surface area (Å²) >= 11 is 0. The predicted octanol–water partition coefficient (Wildman–Crippen LogP) is 3.50. The van der Waals surface area contributed by atoms with E-state index in [4.69, 9.17) is 32.8 Å². The predicted molar refractivity (Wildman–Crippen MR) is 78.9 cm³/mol. The van der Waals surface area contributed by atoms with E-state index in [0.29, 0.717) is 0 Å². The average Bonchev–Trinajstić information content (AvgIpc) is 2.27. The first-order valence-electron chi connectivity index (χ1n) is 5.78. The number of rotatable bonds is 6. The Morgan fingerprint density at radius 1 is 0.632 bits per heavy atom. The van der Waals surface area contributed by atoms with Gasteiger partial charge in [-0.25, -0.2) is 0 Å². The molecule has 0 aromatic carbocycles. The molecule has 0 saturated carbocycles. The summed E-state index contributed by atoms with van der Waals surface area (Å²) in [4.78, 5) is 0. The largest absolute Gasteiger partial charge is 0.337 e. The van der Waals surface area contributed by atoms with Gasteiger partial charge < -0.3 is 0 Å². The molecule has 3 nitrogen and oxygen atoms in total. The molecule has 0 heterocycles. The van der Waals surface area contributed by atoms with Crippen molar-refractivity contribution in [3.63, 3.8) is 0 Å². The molecule has 0 unspecified atom stereocenters. The number of terminal acetylenes is 3. The lowest BCUT2D eigenvalue weighted by molar-refractivity contribution is 0.0354. The van der Waals surface area contributed by atoms with Gasteiger partial charge in [0.2, 0.25) is 0 Å². The molecular formula is C15H21O3P. The molecule has 4 heteroatoms. The fourth-order valence-electron chi connectivity index (χ4n) is 0.694. The Morgan fingerprint density at radius 2 is 0.842 bits per heavy atom. The smallest absolute Gasteiger partial charge is 0.293 e. The minimum Gasteiger partial charge on any atom is -0.293 e. The van der Waals surface area contributed by atoms with E-state index in [0.717, 1.165) is 0 Å². The van der Waals surface area contributed by atoms with Gasteiger partial charge >= 0.3 is 8.60 Å². The van der Waals surface area contributed by atoms with Crippen LogP contribution in [0.2, 0.25) is 0 Å². The van der Waals surface area contributed by atoms with Gasteiger partial charge in [-0.2, -0.15) is 0 Å². The second-order valence-electron chi connectivity index (χ2n) is 5.46. The first kappa shape index (κ1) is 18.0. The van der Waals surface area contributed by atoms with E-state index in [1.165, 1.54) is 0 Å². The highest BCUT2D eigenvalue weighted by Gasteiger charge is 2.34. The fourth-order valence-corrected chi connectivity index (χ4v) is 2.08. The minimum absolute atomic E-state index is 0.832. The molecule has 0 aromatic rings. The van der Waals surface area contributed by atoms with Gasteiger partial charge in [0.1, 0.15) is 16.8 Å². The van der Waals surface area contributed by atoms with Crippen LogP contribution < -0.4 is 0 Å². The van der Waals surface area contributed by atoms with Crippen LogP contribution in [0.5, 0.6) is 0 Å². The van der Waals surface area contributed by atoms with E-state index in [1.807, 2.05) is 0 Å². The van der Waals surface area contributed by atoms with E-state index in [9.17, 15) is 0 Å². The molecule has 0 amide bonds. The Hall–Kier alpha value is -1.01. The maximum atomic E-state index is 5.66. The zero-order valence-electron chi connectivity index (χ0n) is 12.4. The van der Waals surface area contributed by atoms with Crippen LogP contribution in [0.1, 0.15) is 41.5 Å². The van der Waals surface area contributed by atoms with E-state index in [1.54, 1.807) is 41.5 Å². The van der Waals surface area contributed by atoms with Crippen LogP contribution in [-0.4, -0.2) is 16.8 Å². The van der Waals surface area contributed by atoms with Gasteiger partial charge in [0.05, 0.1) is 0 Å². The lowest BCUT2D eigenvalue weighted by Crippen LogP contribution is -2.28. The lowest BCUT2D eigenvalue weighted by Gasteiger charge is -2.32. The fraction of sp³-hybridized carbons (Fsp3) is 0.600. The van der Waals surface area contributed by atoms with Crippen molar-refractivity contribution < 1.29 is 13.6 Å². The third kappa shape index (κ3) is 7.22. The normalized spacial score (nSPS) is 12.6. The summed E-state index contributed by atoms with van der Waals surface area (Å²) in [6.45, 7) is 10.4. The van der Waals surface area contributed by atoms with Crippen LogP contribution in [0.25, 0.3) is 0 Å². The van der Waals surface area contributed by atoms with E-state index in [2.05, 4.69) is 17.8 Å². The molecule has 104 valence electrons. The molecule has 0 spiro atoms. The minimum atomic E-state index is -1.77. The molecule has 0 saturated heterocycles. The lowest BCUT2D eigenvalue weighted by atomic mass is 10.2. The molecule has 0 aliphatic heterocycles. The third-order valence-electron chi connectivity index (χ3n) is 1.95. The van der Waals surface area contributed by atoms with Crippen molar-refractivity contribution in [2.75, 3.05) is 0 Å². The van der Waals surface area contributed by atoms with Crippen LogP contribution in [0.15, 0.2) is 0 Å². The Balaban J connectivity index is 5.04. The van der Waals surface area contributed by atoms with Crippen LogP contribution in [0, 0.1) is 37.0 Å². The van der Waals surface area contributed by atoms with Gasteiger partial charge in [-0.15, -0.1) is 19.3 Å². The van der Waals surface area contributed by atoms with Crippen LogP contribution in [0.4, 0.5) is 0 Å². The number of hydrogen-bond acceptors (Lipinski definition) is 3. The summed E-state index contributed by atoms with van der Waals surface area (Å²) in [7, 11) is -1.77. The van der Waals surface area contributed by atoms with Gasteiger partial charge in [0.15, 0.2) is 0 Å². The van der Waals surface area contributed by atoms with E-state index >= 15 is 0 Å². The SMILES string of the molecule is C#CC(C)(C)OP(OC(C)(C)C#C)OC(C)(C)C#C. The van der Waals surface area contributed by atoms with Crippen LogP contribution >= 0.6 is 8.60 Å². The zero-order valence-corrected chi connectivity index (χ0v) is 13.3. The zero-order chi connectivity index (χ0) is 15.3. The highest BCUT2D eigenvalue weighted by atomic mass is 31.2. The molecule has 19 heavy (non-hydrogen) atoms. The molecule has 0 fully saturated rings. The van der Waals surface area contributed by atoms with Gasteiger partial charge in [-0.3, -0.25) is 13.6 Å². The van der Waals surface area contributed by atoms with E-state index < -0.39 is 25.4 Å². The monoisotopic (exact) mass is 280 g/mol. The van der Waals surface area contributed by atoms with Crippen LogP contribution in [0.3, 0.4) is 0 Å².